The molecule has 1 aromatic carbocycles. The van der Waals surface area contributed by atoms with E-state index >= 15 is 0 Å². The van der Waals surface area contributed by atoms with Crippen molar-refractivity contribution in [1.82, 2.24) is 0 Å². The Labute approximate surface area is 82.4 Å². The summed E-state index contributed by atoms with van der Waals surface area (Å²) in [7, 11) is 0. The van der Waals surface area contributed by atoms with Gasteiger partial charge in [-0.2, -0.15) is 8.57 Å². The van der Waals surface area contributed by atoms with Crippen LogP contribution in [0, 0.1) is 0 Å². The van der Waals surface area contributed by atoms with E-state index in [9.17, 15) is 14.1 Å². The molecule has 0 aliphatic rings. The third kappa shape index (κ3) is 2.37. The minimum absolute atomic E-state index is 0.00323. The molecule has 0 atom stereocenters. The molecule has 0 spiro atoms. The van der Waals surface area contributed by atoms with Gasteiger partial charge in [-0.3, -0.25) is 4.79 Å². The maximum atomic E-state index is 10.6. The lowest BCUT2D eigenvalue weighted by atomic mass is 10.2. The molecule has 0 saturated heterocycles. The Morgan fingerprint density at radius 3 is 2.69 bits per heavy atom. The van der Waals surface area contributed by atoms with Crippen LogP contribution in [0.5, 0.6) is 5.75 Å². The van der Waals surface area contributed by atoms with Crippen LogP contribution in [0.1, 0.15) is 10.4 Å². The third-order valence-electron chi connectivity index (χ3n) is 1.34. The first-order valence-corrected chi connectivity index (χ1v) is 4.25. The van der Waals surface area contributed by atoms with Gasteiger partial charge in [0.2, 0.25) is 11.5 Å². The summed E-state index contributed by atoms with van der Waals surface area (Å²) in [6.07, 6.45) is 0. The number of aromatic hydroxyl groups is 1. The number of phenols is 1. The Hall–Kier alpha value is -1.20. The number of hydrogen-bond donors (Lipinski definition) is 1. The zero-order valence-electron chi connectivity index (χ0n) is 6.23. The SMILES string of the molecule is O=S=Nc1ccc(C(=O)Cl)c(O)c1. The van der Waals surface area contributed by atoms with Gasteiger partial charge in [0, 0.05) is 6.07 Å². The molecule has 0 radical (unpaired) electrons. The van der Waals surface area contributed by atoms with Crippen molar-refractivity contribution >= 4 is 34.0 Å². The second kappa shape index (κ2) is 4.15. The van der Waals surface area contributed by atoms with E-state index in [1.165, 1.54) is 18.2 Å². The predicted octanol–water partition coefficient (Wildman–Crippen LogP) is 1.80. The van der Waals surface area contributed by atoms with Gasteiger partial charge in [-0.15, -0.1) is 0 Å². The molecule has 1 N–H and O–H groups in total. The van der Waals surface area contributed by atoms with Crippen LogP contribution in [0.15, 0.2) is 22.6 Å². The van der Waals surface area contributed by atoms with E-state index in [0.717, 1.165) is 0 Å². The molecule has 0 fully saturated rings. The van der Waals surface area contributed by atoms with E-state index in [2.05, 4.69) is 4.36 Å². The maximum Gasteiger partial charge on any atom is 0.256 e. The molecule has 1 aromatic rings. The number of phenolic OH excluding ortho intramolecular Hbond substituents is 1. The highest BCUT2D eigenvalue weighted by atomic mass is 35.5. The lowest BCUT2D eigenvalue weighted by Gasteiger charge is -1.98. The Morgan fingerprint density at radius 2 is 2.23 bits per heavy atom. The van der Waals surface area contributed by atoms with Crippen molar-refractivity contribution in [3.8, 4) is 5.75 Å². The van der Waals surface area contributed by atoms with Gasteiger partial charge in [0.05, 0.1) is 11.3 Å². The van der Waals surface area contributed by atoms with Gasteiger partial charge in [-0.1, -0.05) is 0 Å². The van der Waals surface area contributed by atoms with Crippen LogP contribution in [0.3, 0.4) is 0 Å². The molecule has 1 rings (SSSR count). The van der Waals surface area contributed by atoms with Gasteiger partial charge in [-0.25, -0.2) is 0 Å². The summed E-state index contributed by atoms with van der Waals surface area (Å²) in [5.74, 6) is -0.282. The van der Waals surface area contributed by atoms with Gasteiger partial charge >= 0.3 is 0 Å². The number of benzene rings is 1. The van der Waals surface area contributed by atoms with Crippen molar-refractivity contribution in [3.05, 3.63) is 23.8 Å². The van der Waals surface area contributed by atoms with Crippen molar-refractivity contribution < 1.29 is 14.1 Å². The number of carbonyl (C=O) groups is 1. The van der Waals surface area contributed by atoms with Crippen molar-refractivity contribution in [3.63, 3.8) is 0 Å². The summed E-state index contributed by atoms with van der Waals surface area (Å²) >= 11 is 5.17. The first-order valence-electron chi connectivity index (χ1n) is 3.18. The van der Waals surface area contributed by atoms with Crippen LogP contribution in [0.2, 0.25) is 0 Å². The lowest BCUT2D eigenvalue weighted by molar-refractivity contribution is 0.107. The van der Waals surface area contributed by atoms with Gasteiger partial charge in [0.1, 0.15) is 5.75 Å². The fourth-order valence-corrected chi connectivity index (χ4v) is 1.15. The fraction of sp³-hybridized carbons (Fsp3) is 0. The summed E-state index contributed by atoms with van der Waals surface area (Å²) < 4.78 is 13.4. The topological polar surface area (TPSA) is 66.7 Å². The van der Waals surface area contributed by atoms with Gasteiger partial charge in [0.15, 0.2) is 0 Å². The lowest BCUT2D eigenvalue weighted by Crippen LogP contribution is -1.87. The molecule has 0 aliphatic heterocycles. The molecule has 13 heavy (non-hydrogen) atoms. The van der Waals surface area contributed by atoms with Crippen molar-refractivity contribution in [2.24, 2.45) is 4.36 Å². The largest absolute Gasteiger partial charge is 0.507 e. The Balaban J connectivity index is 3.19. The molecule has 4 nitrogen and oxygen atoms in total. The standard InChI is InChI=1S/C7H4ClNO3S/c8-7(11)5-2-1-4(9-13-12)3-6(5)10/h1-3,10H. The summed E-state index contributed by atoms with van der Waals surface area (Å²) in [6, 6.07) is 3.92. The first kappa shape index (κ1) is 9.88. The van der Waals surface area contributed by atoms with Crippen molar-refractivity contribution in [2.45, 2.75) is 0 Å². The molecule has 0 aromatic heterocycles. The second-order valence-corrected chi connectivity index (χ2v) is 2.82. The molecule has 68 valence electrons. The quantitative estimate of drug-likeness (QED) is 0.769. The summed E-state index contributed by atoms with van der Waals surface area (Å²) in [5, 5.41) is 8.46. The molecule has 0 saturated carbocycles. The van der Waals surface area contributed by atoms with Crippen LogP contribution >= 0.6 is 11.6 Å². The summed E-state index contributed by atoms with van der Waals surface area (Å²) in [5.41, 5.74) is 0.288. The number of nitrogens with zero attached hydrogens (tertiary/aromatic N) is 1. The van der Waals surface area contributed by atoms with E-state index < -0.39 is 5.24 Å². The van der Waals surface area contributed by atoms with Crippen LogP contribution in [0.4, 0.5) is 5.69 Å². The van der Waals surface area contributed by atoms with Crippen LogP contribution < -0.4 is 0 Å². The van der Waals surface area contributed by atoms with E-state index in [4.69, 9.17) is 11.6 Å². The van der Waals surface area contributed by atoms with Crippen LogP contribution in [-0.2, 0) is 11.5 Å². The molecule has 0 bridgehead atoms. The molecule has 6 heteroatoms. The second-order valence-electron chi connectivity index (χ2n) is 2.14. The monoisotopic (exact) mass is 217 g/mol. The summed E-state index contributed by atoms with van der Waals surface area (Å²) in [4.78, 5) is 10.6. The smallest absolute Gasteiger partial charge is 0.256 e. The van der Waals surface area contributed by atoms with Gasteiger partial charge in [-0.05, 0) is 23.7 Å². The molecule has 0 unspecified atom stereocenters. The van der Waals surface area contributed by atoms with Crippen LogP contribution in [-0.4, -0.2) is 14.6 Å². The average molecular weight is 218 g/mol. The summed E-state index contributed by atoms with van der Waals surface area (Å²) in [6.45, 7) is 0. The van der Waals surface area contributed by atoms with E-state index in [-0.39, 0.29) is 22.8 Å². The molecule has 0 amide bonds. The molecule has 0 heterocycles. The highest BCUT2D eigenvalue weighted by molar-refractivity contribution is 7.54. The highest BCUT2D eigenvalue weighted by Crippen LogP contribution is 2.24. The van der Waals surface area contributed by atoms with Crippen LogP contribution in [0.25, 0.3) is 0 Å². The average Bonchev–Trinajstić information content (AvgIpc) is 2.04. The Morgan fingerprint density at radius 1 is 1.54 bits per heavy atom. The molecular formula is C7H4ClNO3S. The minimum Gasteiger partial charge on any atom is -0.507 e. The van der Waals surface area contributed by atoms with E-state index in [1.54, 1.807) is 0 Å². The predicted molar refractivity (Wildman–Crippen MR) is 48.5 cm³/mol. The van der Waals surface area contributed by atoms with Gasteiger partial charge in [0.25, 0.3) is 5.24 Å². The first-order chi connectivity index (χ1) is 6.15. The van der Waals surface area contributed by atoms with Crippen molar-refractivity contribution in [1.29, 1.82) is 0 Å². The normalized spacial score (nSPS) is 9.31. The number of rotatable bonds is 2. The van der Waals surface area contributed by atoms with E-state index in [0.29, 0.717) is 5.69 Å². The zero-order valence-corrected chi connectivity index (χ0v) is 7.80. The maximum absolute atomic E-state index is 10.6. The Bertz CT molecular complexity index is 401. The Kier molecular flexibility index (Phi) is 3.16. The molecule has 0 aliphatic carbocycles. The minimum atomic E-state index is -0.751. The number of halogens is 1. The third-order valence-corrected chi connectivity index (χ3v) is 1.82. The molecular weight excluding hydrogens is 214 g/mol. The number of carbonyl (C=O) groups excluding carboxylic acids is 1. The number of hydrogen-bond acceptors (Lipinski definition) is 4. The van der Waals surface area contributed by atoms with Gasteiger partial charge < -0.3 is 5.11 Å². The van der Waals surface area contributed by atoms with Crippen molar-refractivity contribution in [2.75, 3.05) is 0 Å². The van der Waals surface area contributed by atoms with E-state index in [1.807, 2.05) is 0 Å². The highest BCUT2D eigenvalue weighted by Gasteiger charge is 2.07. The zero-order chi connectivity index (χ0) is 9.84. The fourth-order valence-electron chi connectivity index (χ4n) is 0.786.